The third kappa shape index (κ3) is 5.40. The van der Waals surface area contributed by atoms with Crippen LogP contribution in [0, 0.1) is 18.6 Å². The summed E-state index contributed by atoms with van der Waals surface area (Å²) in [4.78, 5) is 14.7. The topological polar surface area (TPSA) is 103 Å². The minimum absolute atomic E-state index is 0.0137. The Morgan fingerprint density at radius 3 is 2.67 bits per heavy atom. The summed E-state index contributed by atoms with van der Waals surface area (Å²) in [5.74, 6) is -1.32. The Hall–Kier alpha value is -2.57. The van der Waals surface area contributed by atoms with Gasteiger partial charge in [-0.3, -0.25) is 4.90 Å². The monoisotopic (exact) mass is 526 g/mol. The number of nitrogens with zero attached hydrogens (tertiary/aromatic N) is 3. The zero-order valence-corrected chi connectivity index (χ0v) is 21.9. The van der Waals surface area contributed by atoms with Gasteiger partial charge < -0.3 is 14.8 Å². The summed E-state index contributed by atoms with van der Waals surface area (Å²) in [5.41, 5.74) is 1.37. The molecular formula is C24H32F2N4O5S. The van der Waals surface area contributed by atoms with Crippen LogP contribution in [0.4, 0.5) is 13.6 Å². The van der Waals surface area contributed by atoms with Crippen molar-refractivity contribution in [3.05, 3.63) is 52.3 Å². The first kappa shape index (κ1) is 26.5. The summed E-state index contributed by atoms with van der Waals surface area (Å²) in [5, 5.41) is 7.01. The fourth-order valence-corrected chi connectivity index (χ4v) is 5.70. The standard InChI is InChI=1S/C24H32F2N4O5S/c1-6-36(32,33)30-21-12-29(11-18(21)14(2)28-30)16-10-20(27-23(31)35-24(3,4)5)22(34-13-16)17-9-15(25)7-8-19(17)26/h7-9,16,20,22H,6,10-13H2,1-5H3,(H,27,31)/t16?,20-,22+/m0/s1. The van der Waals surface area contributed by atoms with Gasteiger partial charge in [0.25, 0.3) is 10.0 Å². The van der Waals surface area contributed by atoms with E-state index in [1.165, 1.54) is 0 Å². The summed E-state index contributed by atoms with van der Waals surface area (Å²) in [7, 11) is -3.56. The molecule has 198 valence electrons. The predicted octanol–water partition coefficient (Wildman–Crippen LogP) is 3.41. The normalized spacial score (nSPS) is 22.9. The number of aromatic nitrogens is 2. The number of fused-ring (bicyclic) bond motifs is 1. The molecule has 36 heavy (non-hydrogen) atoms. The fraction of sp³-hybridized carbons (Fsp3) is 0.583. The lowest BCUT2D eigenvalue weighted by atomic mass is 9.92. The molecule has 4 rings (SSSR count). The SMILES string of the molecule is CCS(=O)(=O)n1nc(C)c2c1CN(C1CO[C@H](c3cc(F)ccc3F)[C@@H](NC(=O)OC(C)(C)C)C1)C2. The molecular weight excluding hydrogens is 494 g/mol. The number of alkyl carbamates (subject to hydrolysis) is 1. The van der Waals surface area contributed by atoms with Crippen molar-refractivity contribution in [3.8, 4) is 0 Å². The highest BCUT2D eigenvalue weighted by atomic mass is 32.2. The van der Waals surface area contributed by atoms with Crippen LogP contribution in [0.5, 0.6) is 0 Å². The van der Waals surface area contributed by atoms with Crippen LogP contribution in [-0.4, -0.2) is 58.6 Å². The van der Waals surface area contributed by atoms with Gasteiger partial charge in [-0.2, -0.15) is 9.19 Å². The highest BCUT2D eigenvalue weighted by Crippen LogP contribution is 2.36. The number of benzene rings is 1. The Bertz CT molecular complexity index is 1260. The van der Waals surface area contributed by atoms with Crippen molar-refractivity contribution >= 4 is 16.1 Å². The van der Waals surface area contributed by atoms with Crippen LogP contribution in [-0.2, 0) is 32.6 Å². The molecule has 2 aliphatic heterocycles. The molecule has 2 aromatic rings. The molecule has 1 aromatic carbocycles. The number of hydrogen-bond donors (Lipinski definition) is 1. The highest BCUT2D eigenvalue weighted by molar-refractivity contribution is 7.89. The Balaban J connectivity index is 1.58. The van der Waals surface area contributed by atoms with Gasteiger partial charge in [0.15, 0.2) is 0 Å². The smallest absolute Gasteiger partial charge is 0.407 e. The van der Waals surface area contributed by atoms with Crippen LogP contribution >= 0.6 is 0 Å². The molecule has 1 amide bonds. The van der Waals surface area contributed by atoms with Gasteiger partial charge >= 0.3 is 6.09 Å². The quantitative estimate of drug-likeness (QED) is 0.637. The van der Waals surface area contributed by atoms with Crippen molar-refractivity contribution in [2.24, 2.45) is 0 Å². The maximum absolute atomic E-state index is 14.6. The first-order valence-corrected chi connectivity index (χ1v) is 13.5. The minimum atomic E-state index is -3.56. The average Bonchev–Trinajstić information content (AvgIpc) is 3.35. The van der Waals surface area contributed by atoms with E-state index in [9.17, 15) is 22.0 Å². The van der Waals surface area contributed by atoms with E-state index in [1.54, 1.807) is 34.6 Å². The lowest BCUT2D eigenvalue weighted by Gasteiger charge is -2.40. The second-order valence-corrected chi connectivity index (χ2v) is 12.3. The highest BCUT2D eigenvalue weighted by Gasteiger charge is 2.41. The summed E-state index contributed by atoms with van der Waals surface area (Å²) < 4.78 is 66.2. The van der Waals surface area contributed by atoms with Gasteiger partial charge in [-0.05, 0) is 59.2 Å². The van der Waals surface area contributed by atoms with Gasteiger partial charge in [0.05, 0.1) is 29.8 Å². The van der Waals surface area contributed by atoms with Gasteiger partial charge in [0, 0.05) is 30.3 Å². The zero-order chi connectivity index (χ0) is 26.4. The third-order valence-electron chi connectivity index (χ3n) is 6.44. The van der Waals surface area contributed by atoms with Gasteiger partial charge in [0.2, 0.25) is 0 Å². The predicted molar refractivity (Wildman–Crippen MR) is 128 cm³/mol. The molecule has 12 heteroatoms. The van der Waals surface area contributed by atoms with Crippen LogP contribution in [0.3, 0.4) is 0 Å². The molecule has 1 unspecified atom stereocenters. The number of ether oxygens (including phenoxy) is 2. The van der Waals surface area contributed by atoms with Crippen LogP contribution in [0.2, 0.25) is 0 Å². The molecule has 1 saturated heterocycles. The molecule has 1 aromatic heterocycles. The maximum atomic E-state index is 14.6. The third-order valence-corrected chi connectivity index (χ3v) is 8.00. The van der Waals surface area contributed by atoms with Crippen molar-refractivity contribution in [2.75, 3.05) is 12.4 Å². The number of carbonyl (C=O) groups excluding carboxylic acids is 1. The number of aryl methyl sites for hydroxylation is 1. The molecule has 1 fully saturated rings. The minimum Gasteiger partial charge on any atom is -0.444 e. The van der Waals surface area contributed by atoms with E-state index >= 15 is 0 Å². The largest absolute Gasteiger partial charge is 0.444 e. The number of carbonyl (C=O) groups is 1. The second kappa shape index (κ2) is 9.71. The van der Waals surface area contributed by atoms with E-state index in [2.05, 4.69) is 15.3 Å². The molecule has 3 heterocycles. The molecule has 0 bridgehead atoms. The molecule has 0 spiro atoms. The molecule has 0 aliphatic carbocycles. The van der Waals surface area contributed by atoms with Gasteiger partial charge in [-0.25, -0.2) is 22.0 Å². The maximum Gasteiger partial charge on any atom is 0.407 e. The number of hydrogen-bond acceptors (Lipinski definition) is 7. The average molecular weight is 527 g/mol. The lowest BCUT2D eigenvalue weighted by Crippen LogP contribution is -2.52. The van der Waals surface area contributed by atoms with Crippen LogP contribution in [0.25, 0.3) is 0 Å². The van der Waals surface area contributed by atoms with Crippen LogP contribution in [0.15, 0.2) is 18.2 Å². The molecule has 2 aliphatic rings. The zero-order valence-electron chi connectivity index (χ0n) is 21.0. The van der Waals surface area contributed by atoms with E-state index in [-0.39, 0.29) is 24.0 Å². The number of rotatable bonds is 5. The molecule has 9 nitrogen and oxygen atoms in total. The summed E-state index contributed by atoms with van der Waals surface area (Å²) in [6.45, 7) is 9.52. The lowest BCUT2D eigenvalue weighted by molar-refractivity contribution is -0.0629. The van der Waals surface area contributed by atoms with Crippen molar-refractivity contribution in [1.82, 2.24) is 19.4 Å². The summed E-state index contributed by atoms with van der Waals surface area (Å²) in [6.07, 6.45) is -1.26. The van der Waals surface area contributed by atoms with E-state index in [0.29, 0.717) is 30.9 Å². The Kier molecular flexibility index (Phi) is 7.15. The Morgan fingerprint density at radius 1 is 1.28 bits per heavy atom. The Morgan fingerprint density at radius 2 is 2.00 bits per heavy atom. The van der Waals surface area contributed by atoms with Crippen molar-refractivity contribution in [2.45, 2.75) is 77.9 Å². The first-order chi connectivity index (χ1) is 16.8. The van der Waals surface area contributed by atoms with Crippen molar-refractivity contribution < 1.29 is 31.5 Å². The summed E-state index contributed by atoms with van der Waals surface area (Å²) in [6, 6.07) is 2.20. The van der Waals surface area contributed by atoms with Crippen LogP contribution in [0.1, 0.15) is 62.7 Å². The number of amides is 1. The van der Waals surface area contributed by atoms with Crippen LogP contribution < -0.4 is 5.32 Å². The first-order valence-electron chi connectivity index (χ1n) is 11.9. The molecule has 0 saturated carbocycles. The fourth-order valence-electron chi connectivity index (χ4n) is 4.71. The molecule has 0 radical (unpaired) electrons. The van der Waals surface area contributed by atoms with E-state index < -0.39 is 45.5 Å². The van der Waals surface area contributed by atoms with Gasteiger partial charge in [-0.15, -0.1) is 0 Å². The molecule has 3 atom stereocenters. The van der Waals surface area contributed by atoms with Crippen molar-refractivity contribution in [3.63, 3.8) is 0 Å². The van der Waals surface area contributed by atoms with Gasteiger partial charge in [0.1, 0.15) is 23.3 Å². The van der Waals surface area contributed by atoms with E-state index in [4.69, 9.17) is 9.47 Å². The number of nitrogens with one attached hydrogen (secondary N) is 1. The second-order valence-electron chi connectivity index (χ2n) is 10.2. The van der Waals surface area contributed by atoms with Crippen molar-refractivity contribution in [1.29, 1.82) is 0 Å². The Labute approximate surface area is 209 Å². The number of halogens is 2. The summed E-state index contributed by atoms with van der Waals surface area (Å²) >= 11 is 0. The van der Waals surface area contributed by atoms with E-state index in [1.807, 2.05) is 0 Å². The van der Waals surface area contributed by atoms with E-state index in [0.717, 1.165) is 27.8 Å². The van der Waals surface area contributed by atoms with Gasteiger partial charge in [-0.1, -0.05) is 0 Å². The molecule has 1 N–H and O–H groups in total.